The van der Waals surface area contributed by atoms with Crippen LogP contribution in [0.1, 0.15) is 34.8 Å². The van der Waals surface area contributed by atoms with E-state index in [1.165, 1.54) is 18.2 Å². The third-order valence-electron chi connectivity index (χ3n) is 3.54. The van der Waals surface area contributed by atoms with E-state index >= 15 is 0 Å². The Kier molecular flexibility index (Phi) is 5.63. The fraction of sp³-hybridized carbons (Fsp3) is 0.222. The number of rotatable bonds is 6. The summed E-state index contributed by atoms with van der Waals surface area (Å²) in [6, 6.07) is 14.8. The number of hydrogen-bond acceptors (Lipinski definition) is 4. The highest BCUT2D eigenvalue weighted by Crippen LogP contribution is 2.17. The van der Waals surface area contributed by atoms with E-state index in [0.717, 1.165) is 12.0 Å². The number of nitriles is 1. The van der Waals surface area contributed by atoms with Crippen LogP contribution in [0.15, 0.2) is 48.5 Å². The summed E-state index contributed by atoms with van der Waals surface area (Å²) in [5, 5.41) is 19.7. The van der Waals surface area contributed by atoms with Gasteiger partial charge in [-0.15, -0.1) is 0 Å². The average Bonchev–Trinajstić information content (AvgIpc) is 2.61. The summed E-state index contributed by atoms with van der Waals surface area (Å²) in [4.78, 5) is 24.7. The second-order valence-electron chi connectivity index (χ2n) is 5.34. The molecule has 6 nitrogen and oxygen atoms in total. The average molecular weight is 323 g/mol. The standard InChI is InChI=1S/C18H17N3O3/c1-2-10-20(13-15-8-6-14(12-19)7-9-15)18(22)16-4-3-5-17(11-16)21(23)24/h3-9,11H,2,10,13H2,1H3. The molecule has 0 N–H and O–H groups in total. The Hall–Kier alpha value is -3.20. The fourth-order valence-electron chi connectivity index (χ4n) is 2.36. The van der Waals surface area contributed by atoms with Gasteiger partial charge in [-0.05, 0) is 30.2 Å². The lowest BCUT2D eigenvalue weighted by molar-refractivity contribution is -0.384. The molecule has 0 saturated heterocycles. The molecule has 0 unspecified atom stereocenters. The molecule has 0 heterocycles. The lowest BCUT2D eigenvalue weighted by atomic mass is 10.1. The first-order valence-corrected chi connectivity index (χ1v) is 7.58. The third kappa shape index (κ3) is 4.17. The van der Waals surface area contributed by atoms with Crippen molar-refractivity contribution < 1.29 is 9.72 Å². The number of nitrogens with zero attached hydrogens (tertiary/aromatic N) is 3. The summed E-state index contributed by atoms with van der Waals surface area (Å²) in [6.07, 6.45) is 0.775. The van der Waals surface area contributed by atoms with Crippen LogP contribution in [0, 0.1) is 21.4 Å². The lowest BCUT2D eigenvalue weighted by Crippen LogP contribution is -2.31. The Morgan fingerprint density at radius 1 is 1.25 bits per heavy atom. The fourth-order valence-corrected chi connectivity index (χ4v) is 2.36. The van der Waals surface area contributed by atoms with Crippen molar-refractivity contribution in [2.24, 2.45) is 0 Å². The van der Waals surface area contributed by atoms with E-state index in [1.54, 1.807) is 23.1 Å². The number of nitro groups is 1. The third-order valence-corrected chi connectivity index (χ3v) is 3.54. The van der Waals surface area contributed by atoms with Gasteiger partial charge in [-0.1, -0.05) is 25.1 Å². The molecule has 24 heavy (non-hydrogen) atoms. The minimum Gasteiger partial charge on any atom is -0.334 e. The van der Waals surface area contributed by atoms with Crippen molar-refractivity contribution in [3.8, 4) is 6.07 Å². The van der Waals surface area contributed by atoms with Gasteiger partial charge in [-0.2, -0.15) is 5.26 Å². The highest BCUT2D eigenvalue weighted by Gasteiger charge is 2.18. The zero-order valence-corrected chi connectivity index (χ0v) is 13.3. The molecule has 0 atom stereocenters. The molecule has 0 aliphatic heterocycles. The Bertz CT molecular complexity index is 779. The molecule has 0 saturated carbocycles. The van der Waals surface area contributed by atoms with E-state index in [-0.39, 0.29) is 11.6 Å². The van der Waals surface area contributed by atoms with E-state index < -0.39 is 4.92 Å². The van der Waals surface area contributed by atoms with Gasteiger partial charge in [0.05, 0.1) is 16.6 Å². The Balaban J connectivity index is 2.22. The molecule has 122 valence electrons. The van der Waals surface area contributed by atoms with Crippen molar-refractivity contribution in [1.29, 1.82) is 5.26 Å². The maximum atomic E-state index is 12.7. The Labute approximate surface area is 140 Å². The summed E-state index contributed by atoms with van der Waals surface area (Å²) >= 11 is 0. The predicted octanol–water partition coefficient (Wildman–Crippen LogP) is 3.52. The van der Waals surface area contributed by atoms with Gasteiger partial charge >= 0.3 is 0 Å². The Morgan fingerprint density at radius 2 is 1.96 bits per heavy atom. The molecule has 0 aromatic heterocycles. The van der Waals surface area contributed by atoms with Crippen LogP contribution in [0.4, 0.5) is 5.69 Å². The molecule has 6 heteroatoms. The van der Waals surface area contributed by atoms with Gasteiger partial charge in [0.2, 0.25) is 0 Å². The van der Waals surface area contributed by atoms with Crippen LogP contribution in [0.2, 0.25) is 0 Å². The predicted molar refractivity (Wildman–Crippen MR) is 89.3 cm³/mol. The normalized spacial score (nSPS) is 10.0. The monoisotopic (exact) mass is 323 g/mol. The maximum absolute atomic E-state index is 12.7. The second kappa shape index (κ2) is 7.88. The maximum Gasteiger partial charge on any atom is 0.270 e. The van der Waals surface area contributed by atoms with Crippen molar-refractivity contribution in [2.75, 3.05) is 6.54 Å². The molecule has 0 fully saturated rings. The number of hydrogen-bond donors (Lipinski definition) is 0. The second-order valence-corrected chi connectivity index (χ2v) is 5.34. The van der Waals surface area contributed by atoms with Gasteiger partial charge in [0.15, 0.2) is 0 Å². The smallest absolute Gasteiger partial charge is 0.270 e. The van der Waals surface area contributed by atoms with Gasteiger partial charge in [0.25, 0.3) is 11.6 Å². The number of carbonyl (C=O) groups excluding carboxylic acids is 1. The summed E-state index contributed by atoms with van der Waals surface area (Å²) in [5.41, 5.74) is 1.66. The number of nitro benzene ring substituents is 1. The summed E-state index contributed by atoms with van der Waals surface area (Å²) in [7, 11) is 0. The number of amides is 1. The molecule has 0 spiro atoms. The van der Waals surface area contributed by atoms with Crippen LogP contribution in [0.3, 0.4) is 0 Å². The Morgan fingerprint density at radius 3 is 2.54 bits per heavy atom. The molecule has 0 radical (unpaired) electrons. The van der Waals surface area contributed by atoms with E-state index in [1.807, 2.05) is 19.1 Å². The van der Waals surface area contributed by atoms with Crippen molar-refractivity contribution in [1.82, 2.24) is 4.90 Å². The molecule has 2 aromatic rings. The minimum absolute atomic E-state index is 0.101. The van der Waals surface area contributed by atoms with Gasteiger partial charge in [-0.3, -0.25) is 14.9 Å². The molecule has 0 bridgehead atoms. The van der Waals surface area contributed by atoms with Gasteiger partial charge in [-0.25, -0.2) is 0 Å². The van der Waals surface area contributed by atoms with Crippen LogP contribution in [0.25, 0.3) is 0 Å². The minimum atomic E-state index is -0.512. The van der Waals surface area contributed by atoms with Crippen molar-refractivity contribution in [2.45, 2.75) is 19.9 Å². The highest BCUT2D eigenvalue weighted by atomic mass is 16.6. The number of carbonyl (C=O) groups is 1. The number of non-ortho nitro benzene ring substituents is 1. The highest BCUT2D eigenvalue weighted by molar-refractivity contribution is 5.94. The van der Waals surface area contributed by atoms with E-state index in [2.05, 4.69) is 6.07 Å². The van der Waals surface area contributed by atoms with E-state index in [4.69, 9.17) is 5.26 Å². The van der Waals surface area contributed by atoms with Crippen LogP contribution >= 0.6 is 0 Å². The van der Waals surface area contributed by atoms with Crippen LogP contribution in [0.5, 0.6) is 0 Å². The first kappa shape index (κ1) is 17.2. The van der Waals surface area contributed by atoms with Crippen LogP contribution in [-0.2, 0) is 6.54 Å². The van der Waals surface area contributed by atoms with Crippen molar-refractivity contribution in [3.05, 3.63) is 75.3 Å². The molecule has 2 rings (SSSR count). The van der Waals surface area contributed by atoms with Gasteiger partial charge < -0.3 is 4.90 Å². The van der Waals surface area contributed by atoms with Gasteiger partial charge in [0.1, 0.15) is 0 Å². The molecule has 0 aliphatic carbocycles. The first-order chi connectivity index (χ1) is 11.5. The SMILES string of the molecule is CCCN(Cc1ccc(C#N)cc1)C(=O)c1cccc([N+](=O)[O-])c1. The van der Waals surface area contributed by atoms with E-state index in [0.29, 0.717) is 24.2 Å². The number of benzene rings is 2. The zero-order valence-electron chi connectivity index (χ0n) is 13.3. The largest absolute Gasteiger partial charge is 0.334 e. The first-order valence-electron chi connectivity index (χ1n) is 7.58. The molecular formula is C18H17N3O3. The van der Waals surface area contributed by atoms with Gasteiger partial charge in [0, 0.05) is 30.8 Å². The zero-order chi connectivity index (χ0) is 17.5. The lowest BCUT2D eigenvalue weighted by Gasteiger charge is -2.22. The van der Waals surface area contributed by atoms with Crippen molar-refractivity contribution >= 4 is 11.6 Å². The molecule has 0 aliphatic rings. The van der Waals surface area contributed by atoms with Crippen molar-refractivity contribution in [3.63, 3.8) is 0 Å². The molecule has 2 aromatic carbocycles. The topological polar surface area (TPSA) is 87.2 Å². The summed E-state index contributed by atoms with van der Waals surface area (Å²) < 4.78 is 0. The molecular weight excluding hydrogens is 306 g/mol. The van der Waals surface area contributed by atoms with E-state index in [9.17, 15) is 14.9 Å². The molecule has 1 amide bonds. The quantitative estimate of drug-likeness (QED) is 0.601. The van der Waals surface area contributed by atoms with Crippen LogP contribution in [-0.4, -0.2) is 22.3 Å². The van der Waals surface area contributed by atoms with Crippen LogP contribution < -0.4 is 0 Å². The summed E-state index contributed by atoms with van der Waals surface area (Å²) in [5.74, 6) is -0.245. The summed E-state index contributed by atoms with van der Waals surface area (Å²) in [6.45, 7) is 2.90.